The molecule has 0 saturated heterocycles. The van der Waals surface area contributed by atoms with Crippen LogP contribution in [0.25, 0.3) is 0 Å². The van der Waals surface area contributed by atoms with Crippen molar-refractivity contribution in [2.24, 2.45) is 0 Å². The van der Waals surface area contributed by atoms with E-state index in [1.54, 1.807) is 0 Å². The zero-order valence-corrected chi connectivity index (χ0v) is 11.3. The highest BCUT2D eigenvalue weighted by Crippen LogP contribution is 2.16. The number of hydrogen-bond acceptors (Lipinski definition) is 4. The van der Waals surface area contributed by atoms with Crippen LogP contribution in [0, 0.1) is 13.8 Å². The molecule has 1 aromatic heterocycles. The van der Waals surface area contributed by atoms with Crippen LogP contribution < -0.4 is 4.90 Å². The Kier molecular flexibility index (Phi) is 5.35. The molecular formula is C13H23N3O. The molecule has 17 heavy (non-hydrogen) atoms. The molecule has 1 heterocycles. The first kappa shape index (κ1) is 13.9. The Balaban J connectivity index is 3.03. The minimum atomic E-state index is 0.132. The van der Waals surface area contributed by atoms with Gasteiger partial charge in [-0.1, -0.05) is 13.8 Å². The van der Waals surface area contributed by atoms with Gasteiger partial charge in [0.05, 0.1) is 6.61 Å². The quantitative estimate of drug-likeness (QED) is 0.823. The molecule has 0 fully saturated rings. The summed E-state index contributed by atoms with van der Waals surface area (Å²) in [5.74, 6) is 0.741. The number of aromatic nitrogens is 2. The van der Waals surface area contributed by atoms with Gasteiger partial charge in [-0.2, -0.15) is 0 Å². The highest BCUT2D eigenvalue weighted by atomic mass is 16.3. The lowest BCUT2D eigenvalue weighted by atomic mass is 10.1. The molecule has 1 N–H and O–H groups in total. The average Bonchev–Trinajstić information content (AvgIpc) is 2.28. The number of aliphatic hydroxyl groups excluding tert-OH is 1. The molecule has 0 aliphatic heterocycles. The van der Waals surface area contributed by atoms with E-state index in [-0.39, 0.29) is 6.61 Å². The predicted molar refractivity (Wildman–Crippen MR) is 70.3 cm³/mol. The van der Waals surface area contributed by atoms with Gasteiger partial charge in [0.15, 0.2) is 0 Å². The topological polar surface area (TPSA) is 49.2 Å². The molecule has 96 valence electrons. The second-order valence-electron chi connectivity index (χ2n) is 4.34. The van der Waals surface area contributed by atoms with E-state index in [2.05, 4.69) is 28.7 Å². The van der Waals surface area contributed by atoms with E-state index in [1.807, 2.05) is 19.9 Å². The van der Waals surface area contributed by atoms with Gasteiger partial charge in [-0.25, -0.2) is 9.97 Å². The van der Waals surface area contributed by atoms with Gasteiger partial charge in [-0.15, -0.1) is 0 Å². The maximum atomic E-state index is 9.18. The van der Waals surface area contributed by atoms with Crippen LogP contribution in [-0.4, -0.2) is 34.3 Å². The number of anilines is 1. The third-order valence-electron chi connectivity index (χ3n) is 2.95. The van der Waals surface area contributed by atoms with Crippen molar-refractivity contribution < 1.29 is 5.11 Å². The van der Waals surface area contributed by atoms with E-state index in [9.17, 15) is 5.11 Å². The van der Waals surface area contributed by atoms with Crippen molar-refractivity contribution in [1.29, 1.82) is 0 Å². The third kappa shape index (κ3) is 3.66. The maximum absolute atomic E-state index is 9.18. The molecule has 0 saturated carbocycles. The fourth-order valence-electron chi connectivity index (χ4n) is 2.12. The summed E-state index contributed by atoms with van der Waals surface area (Å²) in [6.07, 6.45) is 2.07. The molecule has 1 aromatic rings. The smallest absolute Gasteiger partial charge is 0.226 e. The minimum absolute atomic E-state index is 0.132. The van der Waals surface area contributed by atoms with Gasteiger partial charge in [0.2, 0.25) is 5.95 Å². The molecular weight excluding hydrogens is 214 g/mol. The molecule has 0 aliphatic rings. The molecule has 0 spiro atoms. The van der Waals surface area contributed by atoms with E-state index in [0.29, 0.717) is 12.6 Å². The number of hydrogen-bond donors (Lipinski definition) is 1. The minimum Gasteiger partial charge on any atom is -0.395 e. The fourth-order valence-corrected chi connectivity index (χ4v) is 2.12. The molecule has 0 aromatic carbocycles. The van der Waals surface area contributed by atoms with Crippen molar-refractivity contribution in [3.8, 4) is 0 Å². The van der Waals surface area contributed by atoms with Crippen LogP contribution in [0.4, 0.5) is 5.95 Å². The normalized spacial score (nSPS) is 10.9. The van der Waals surface area contributed by atoms with E-state index >= 15 is 0 Å². The lowest BCUT2D eigenvalue weighted by Gasteiger charge is -2.30. The zero-order valence-electron chi connectivity index (χ0n) is 11.3. The second-order valence-corrected chi connectivity index (χ2v) is 4.34. The first-order valence-corrected chi connectivity index (χ1v) is 6.32. The molecule has 4 heteroatoms. The van der Waals surface area contributed by atoms with Crippen molar-refractivity contribution >= 4 is 5.95 Å². The standard InChI is InChI=1S/C13H23N3O/c1-5-12(6-2)16(7-8-17)13-14-10(3)9-11(4)15-13/h9,12,17H,5-8H2,1-4H3. The Bertz CT molecular complexity index is 330. The summed E-state index contributed by atoms with van der Waals surface area (Å²) in [6.45, 7) is 8.98. The second kappa shape index (κ2) is 6.55. The highest BCUT2D eigenvalue weighted by molar-refractivity contribution is 5.33. The van der Waals surface area contributed by atoms with E-state index in [1.165, 1.54) is 0 Å². The molecule has 0 unspecified atom stereocenters. The SMILES string of the molecule is CCC(CC)N(CCO)c1nc(C)cc(C)n1. The first-order valence-electron chi connectivity index (χ1n) is 6.32. The van der Waals surface area contributed by atoms with E-state index < -0.39 is 0 Å². The van der Waals surface area contributed by atoms with Crippen LogP contribution >= 0.6 is 0 Å². The van der Waals surface area contributed by atoms with Gasteiger partial charge < -0.3 is 10.0 Å². The summed E-state index contributed by atoms with van der Waals surface area (Å²) >= 11 is 0. The summed E-state index contributed by atoms with van der Waals surface area (Å²) in [6, 6.07) is 2.36. The van der Waals surface area contributed by atoms with Crippen molar-refractivity contribution in [2.75, 3.05) is 18.1 Å². The Morgan fingerprint density at radius 1 is 1.18 bits per heavy atom. The fraction of sp³-hybridized carbons (Fsp3) is 0.692. The van der Waals surface area contributed by atoms with Crippen molar-refractivity contribution in [2.45, 2.75) is 46.6 Å². The van der Waals surface area contributed by atoms with Gasteiger partial charge in [-0.3, -0.25) is 0 Å². The zero-order chi connectivity index (χ0) is 12.8. The van der Waals surface area contributed by atoms with E-state index in [4.69, 9.17) is 0 Å². The van der Waals surface area contributed by atoms with Crippen molar-refractivity contribution in [3.05, 3.63) is 17.5 Å². The van der Waals surface area contributed by atoms with Crippen molar-refractivity contribution in [3.63, 3.8) is 0 Å². The van der Waals surface area contributed by atoms with Crippen molar-refractivity contribution in [1.82, 2.24) is 9.97 Å². The van der Waals surface area contributed by atoms with Crippen LogP contribution in [0.5, 0.6) is 0 Å². The van der Waals surface area contributed by atoms with Crippen LogP contribution in [0.2, 0.25) is 0 Å². The summed E-state index contributed by atoms with van der Waals surface area (Å²) < 4.78 is 0. The number of aryl methyl sites for hydroxylation is 2. The lowest BCUT2D eigenvalue weighted by Crippen LogP contribution is -2.38. The molecule has 0 aliphatic carbocycles. The number of aliphatic hydroxyl groups is 1. The Labute approximate surface area is 104 Å². The molecule has 0 amide bonds. The predicted octanol–water partition coefficient (Wildman–Crippen LogP) is 2.08. The van der Waals surface area contributed by atoms with Gasteiger partial charge in [0.1, 0.15) is 0 Å². The summed E-state index contributed by atoms with van der Waals surface area (Å²) in [4.78, 5) is 11.1. The first-order chi connectivity index (χ1) is 8.12. The molecule has 1 rings (SSSR count). The lowest BCUT2D eigenvalue weighted by molar-refractivity contribution is 0.295. The average molecular weight is 237 g/mol. The Morgan fingerprint density at radius 3 is 2.12 bits per heavy atom. The molecule has 0 atom stereocenters. The summed E-state index contributed by atoms with van der Waals surface area (Å²) in [5, 5.41) is 9.18. The van der Waals surface area contributed by atoms with Gasteiger partial charge in [0, 0.05) is 24.0 Å². The number of rotatable bonds is 6. The largest absolute Gasteiger partial charge is 0.395 e. The summed E-state index contributed by atoms with van der Waals surface area (Å²) in [5.41, 5.74) is 1.95. The third-order valence-corrected chi connectivity index (χ3v) is 2.95. The molecule has 0 radical (unpaired) electrons. The van der Waals surface area contributed by atoms with Crippen LogP contribution in [0.3, 0.4) is 0 Å². The van der Waals surface area contributed by atoms with Gasteiger partial charge >= 0.3 is 0 Å². The highest BCUT2D eigenvalue weighted by Gasteiger charge is 2.18. The Morgan fingerprint density at radius 2 is 1.71 bits per heavy atom. The summed E-state index contributed by atoms with van der Waals surface area (Å²) in [7, 11) is 0. The van der Waals surface area contributed by atoms with Crippen LogP contribution in [0.1, 0.15) is 38.1 Å². The molecule has 0 bridgehead atoms. The van der Waals surface area contributed by atoms with Crippen LogP contribution in [0.15, 0.2) is 6.07 Å². The van der Waals surface area contributed by atoms with Crippen LogP contribution in [-0.2, 0) is 0 Å². The van der Waals surface area contributed by atoms with Gasteiger partial charge in [0.25, 0.3) is 0 Å². The van der Waals surface area contributed by atoms with E-state index in [0.717, 1.165) is 30.2 Å². The maximum Gasteiger partial charge on any atom is 0.226 e. The monoisotopic (exact) mass is 237 g/mol. The Hall–Kier alpha value is -1.16. The molecule has 4 nitrogen and oxygen atoms in total. The van der Waals surface area contributed by atoms with Gasteiger partial charge in [-0.05, 0) is 32.8 Å². The number of nitrogens with zero attached hydrogens (tertiary/aromatic N) is 3.